The Labute approximate surface area is 183 Å². The standard InChI is InChI=1S/C23H22N4O3S/c1-15-6-8-16(9-7-15)12-25-23(29)26-14-21(28)24-13-17-10-11-19(30-17)22-27-18-4-2-3-5-20(18)31-22/h2-11H,12-14H2,1H3,(H,24,28)(H2,25,26,29). The highest BCUT2D eigenvalue weighted by Crippen LogP contribution is 2.31. The number of nitrogens with zero attached hydrogens (tertiary/aromatic N) is 1. The Morgan fingerprint density at radius 2 is 1.74 bits per heavy atom. The smallest absolute Gasteiger partial charge is 0.315 e. The summed E-state index contributed by atoms with van der Waals surface area (Å²) < 4.78 is 6.90. The molecule has 31 heavy (non-hydrogen) atoms. The van der Waals surface area contributed by atoms with Crippen molar-refractivity contribution in [2.75, 3.05) is 6.54 Å². The minimum atomic E-state index is -0.396. The molecule has 0 bridgehead atoms. The number of thiazole rings is 1. The van der Waals surface area contributed by atoms with E-state index in [-0.39, 0.29) is 19.0 Å². The van der Waals surface area contributed by atoms with E-state index in [2.05, 4.69) is 20.9 Å². The average Bonchev–Trinajstić information content (AvgIpc) is 3.42. The quantitative estimate of drug-likeness (QED) is 0.410. The van der Waals surface area contributed by atoms with E-state index in [4.69, 9.17) is 4.42 Å². The zero-order valence-corrected chi connectivity index (χ0v) is 17.8. The summed E-state index contributed by atoms with van der Waals surface area (Å²) >= 11 is 1.56. The molecule has 158 valence electrons. The van der Waals surface area contributed by atoms with Gasteiger partial charge in [-0.05, 0) is 36.8 Å². The molecule has 8 heteroatoms. The van der Waals surface area contributed by atoms with Crippen molar-refractivity contribution in [3.63, 3.8) is 0 Å². The van der Waals surface area contributed by atoms with Crippen LogP contribution in [0.25, 0.3) is 21.0 Å². The van der Waals surface area contributed by atoms with E-state index in [1.807, 2.05) is 67.6 Å². The molecular formula is C23H22N4O3S. The topological polar surface area (TPSA) is 96.3 Å². The van der Waals surface area contributed by atoms with Crippen LogP contribution in [0.3, 0.4) is 0 Å². The van der Waals surface area contributed by atoms with E-state index in [0.717, 1.165) is 26.4 Å². The molecular weight excluding hydrogens is 412 g/mol. The van der Waals surface area contributed by atoms with Crippen molar-refractivity contribution in [1.29, 1.82) is 0 Å². The maximum atomic E-state index is 12.0. The molecule has 0 saturated heterocycles. The van der Waals surface area contributed by atoms with Gasteiger partial charge in [-0.25, -0.2) is 9.78 Å². The van der Waals surface area contributed by atoms with Crippen LogP contribution in [0.4, 0.5) is 4.79 Å². The van der Waals surface area contributed by atoms with E-state index in [0.29, 0.717) is 18.1 Å². The summed E-state index contributed by atoms with van der Waals surface area (Å²) in [6, 6.07) is 19.0. The third kappa shape index (κ3) is 5.49. The summed E-state index contributed by atoms with van der Waals surface area (Å²) in [6.07, 6.45) is 0. The molecule has 4 aromatic rings. The summed E-state index contributed by atoms with van der Waals surface area (Å²) in [5.41, 5.74) is 3.08. The van der Waals surface area contributed by atoms with Crippen LogP contribution < -0.4 is 16.0 Å². The molecule has 7 nitrogen and oxygen atoms in total. The fraction of sp³-hybridized carbons (Fsp3) is 0.174. The number of urea groups is 1. The first kappa shape index (κ1) is 20.6. The van der Waals surface area contributed by atoms with E-state index in [1.54, 1.807) is 11.3 Å². The molecule has 2 aromatic carbocycles. The average molecular weight is 435 g/mol. The molecule has 0 spiro atoms. The van der Waals surface area contributed by atoms with Gasteiger partial charge >= 0.3 is 6.03 Å². The lowest BCUT2D eigenvalue weighted by Gasteiger charge is -2.08. The lowest BCUT2D eigenvalue weighted by atomic mass is 10.1. The fourth-order valence-electron chi connectivity index (χ4n) is 2.92. The first-order chi connectivity index (χ1) is 15.1. The Hall–Kier alpha value is -3.65. The van der Waals surface area contributed by atoms with Crippen molar-refractivity contribution in [3.8, 4) is 10.8 Å². The highest BCUT2D eigenvalue weighted by molar-refractivity contribution is 7.21. The molecule has 0 unspecified atom stereocenters. The summed E-state index contributed by atoms with van der Waals surface area (Å²) in [5.74, 6) is 0.980. The van der Waals surface area contributed by atoms with Gasteiger partial charge in [0.25, 0.3) is 0 Å². The fourth-order valence-corrected chi connectivity index (χ4v) is 3.85. The van der Waals surface area contributed by atoms with Crippen molar-refractivity contribution >= 4 is 33.5 Å². The minimum Gasteiger partial charge on any atom is -0.457 e. The van der Waals surface area contributed by atoms with Crippen molar-refractivity contribution in [1.82, 2.24) is 20.9 Å². The van der Waals surface area contributed by atoms with Crippen molar-refractivity contribution in [2.24, 2.45) is 0 Å². The van der Waals surface area contributed by atoms with E-state index < -0.39 is 6.03 Å². The van der Waals surface area contributed by atoms with Gasteiger partial charge in [0, 0.05) is 6.54 Å². The number of aromatic nitrogens is 1. The third-order valence-electron chi connectivity index (χ3n) is 4.61. The molecule has 2 heterocycles. The second-order valence-electron chi connectivity index (χ2n) is 7.05. The Balaban J connectivity index is 1.21. The number of aryl methyl sites for hydroxylation is 1. The van der Waals surface area contributed by atoms with Crippen LogP contribution in [0.15, 0.2) is 65.1 Å². The number of fused-ring (bicyclic) bond motifs is 1. The molecule has 3 amide bonds. The Morgan fingerprint density at radius 1 is 0.935 bits per heavy atom. The predicted molar refractivity (Wildman–Crippen MR) is 121 cm³/mol. The van der Waals surface area contributed by atoms with Crippen molar-refractivity contribution < 1.29 is 14.0 Å². The molecule has 0 radical (unpaired) electrons. The van der Waals surface area contributed by atoms with Gasteiger partial charge in [-0.15, -0.1) is 11.3 Å². The number of carbonyl (C=O) groups is 2. The first-order valence-corrected chi connectivity index (χ1v) is 10.7. The monoisotopic (exact) mass is 434 g/mol. The van der Waals surface area contributed by atoms with Crippen LogP contribution in [0, 0.1) is 6.92 Å². The number of furan rings is 1. The Kier molecular flexibility index (Phi) is 6.28. The van der Waals surface area contributed by atoms with Crippen LogP contribution in [0.2, 0.25) is 0 Å². The molecule has 0 aliphatic rings. The molecule has 0 aliphatic carbocycles. The number of para-hydroxylation sites is 1. The Bertz CT molecular complexity index is 1160. The lowest BCUT2D eigenvalue weighted by molar-refractivity contribution is -0.120. The third-order valence-corrected chi connectivity index (χ3v) is 5.66. The molecule has 0 aliphatic heterocycles. The molecule has 0 fully saturated rings. The van der Waals surface area contributed by atoms with Gasteiger partial charge in [0.2, 0.25) is 5.91 Å². The minimum absolute atomic E-state index is 0.120. The highest BCUT2D eigenvalue weighted by atomic mass is 32.1. The first-order valence-electron chi connectivity index (χ1n) is 9.85. The molecule has 3 N–H and O–H groups in total. The normalized spacial score (nSPS) is 10.7. The van der Waals surface area contributed by atoms with E-state index in [9.17, 15) is 9.59 Å². The SMILES string of the molecule is Cc1ccc(CNC(=O)NCC(=O)NCc2ccc(-c3nc4ccccc4s3)o2)cc1. The van der Waals surface area contributed by atoms with Crippen LogP contribution in [-0.4, -0.2) is 23.5 Å². The van der Waals surface area contributed by atoms with Crippen LogP contribution in [-0.2, 0) is 17.9 Å². The molecule has 0 saturated carbocycles. The number of hydrogen-bond acceptors (Lipinski definition) is 5. The number of hydrogen-bond donors (Lipinski definition) is 3. The predicted octanol–water partition coefficient (Wildman–Crippen LogP) is 3.98. The van der Waals surface area contributed by atoms with Gasteiger partial charge < -0.3 is 20.4 Å². The van der Waals surface area contributed by atoms with Gasteiger partial charge in [-0.2, -0.15) is 0 Å². The Morgan fingerprint density at radius 3 is 2.55 bits per heavy atom. The second-order valence-corrected chi connectivity index (χ2v) is 8.08. The second kappa shape index (κ2) is 9.44. The maximum Gasteiger partial charge on any atom is 0.315 e. The summed E-state index contributed by atoms with van der Waals surface area (Å²) in [4.78, 5) is 28.5. The summed E-state index contributed by atoms with van der Waals surface area (Å²) in [6.45, 7) is 2.52. The molecule has 4 rings (SSSR count). The number of nitrogens with one attached hydrogen (secondary N) is 3. The van der Waals surface area contributed by atoms with Crippen LogP contribution in [0.1, 0.15) is 16.9 Å². The largest absolute Gasteiger partial charge is 0.457 e. The lowest BCUT2D eigenvalue weighted by Crippen LogP contribution is -2.41. The van der Waals surface area contributed by atoms with Gasteiger partial charge in [0.05, 0.1) is 23.3 Å². The number of amides is 3. The van der Waals surface area contributed by atoms with Crippen molar-refractivity contribution in [2.45, 2.75) is 20.0 Å². The number of rotatable bonds is 7. The van der Waals surface area contributed by atoms with Gasteiger partial charge in [-0.3, -0.25) is 4.79 Å². The number of benzene rings is 2. The molecule has 2 aromatic heterocycles. The highest BCUT2D eigenvalue weighted by Gasteiger charge is 2.11. The van der Waals surface area contributed by atoms with Crippen LogP contribution >= 0.6 is 11.3 Å². The summed E-state index contributed by atoms with van der Waals surface area (Å²) in [5, 5.41) is 8.80. The van der Waals surface area contributed by atoms with Gasteiger partial charge in [0.15, 0.2) is 10.8 Å². The summed E-state index contributed by atoms with van der Waals surface area (Å²) in [7, 11) is 0. The van der Waals surface area contributed by atoms with Gasteiger partial charge in [0.1, 0.15) is 5.76 Å². The number of carbonyl (C=O) groups excluding carboxylic acids is 2. The van der Waals surface area contributed by atoms with E-state index >= 15 is 0 Å². The van der Waals surface area contributed by atoms with Crippen molar-refractivity contribution in [3.05, 3.63) is 77.6 Å². The van der Waals surface area contributed by atoms with Crippen LogP contribution in [0.5, 0.6) is 0 Å². The maximum absolute atomic E-state index is 12.0. The van der Waals surface area contributed by atoms with Gasteiger partial charge in [-0.1, -0.05) is 42.0 Å². The van der Waals surface area contributed by atoms with E-state index in [1.165, 1.54) is 0 Å². The molecule has 0 atom stereocenters. The zero-order valence-electron chi connectivity index (χ0n) is 17.0. The zero-order chi connectivity index (χ0) is 21.6.